The van der Waals surface area contributed by atoms with Gasteiger partial charge in [-0.1, -0.05) is 0 Å². The molecule has 0 aromatic heterocycles. The molecule has 1 saturated heterocycles. The van der Waals surface area contributed by atoms with Crippen molar-refractivity contribution in [3.05, 3.63) is 59.7 Å². The summed E-state index contributed by atoms with van der Waals surface area (Å²) < 4.78 is 22.5. The molecule has 30 heavy (non-hydrogen) atoms. The van der Waals surface area contributed by atoms with E-state index in [-0.39, 0.29) is 0 Å². The van der Waals surface area contributed by atoms with Gasteiger partial charge in [-0.15, -0.1) is 0 Å². The molecule has 2 aromatic rings. The van der Waals surface area contributed by atoms with Crippen LogP contribution in [-0.4, -0.2) is 66.8 Å². The van der Waals surface area contributed by atoms with Gasteiger partial charge in [-0.05, 0) is 48.5 Å². The number of quaternary nitrogens is 2. The normalized spacial score (nSPS) is 21.3. The van der Waals surface area contributed by atoms with Crippen molar-refractivity contribution in [1.82, 2.24) is 0 Å². The average Bonchev–Trinajstić information content (AvgIpc) is 2.78. The van der Waals surface area contributed by atoms with Gasteiger partial charge < -0.3 is 28.7 Å². The number of ether oxygens (including phenoxy) is 4. The van der Waals surface area contributed by atoms with E-state index in [0.29, 0.717) is 0 Å². The van der Waals surface area contributed by atoms with Crippen LogP contribution >= 0.6 is 0 Å². The highest BCUT2D eigenvalue weighted by Gasteiger charge is 2.14. The molecule has 0 unspecified atom stereocenters. The molecule has 164 valence electrons. The maximum absolute atomic E-state index is 5.99. The van der Waals surface area contributed by atoms with Crippen molar-refractivity contribution in [3.63, 3.8) is 0 Å². The first-order valence-corrected chi connectivity index (χ1v) is 10.9. The van der Waals surface area contributed by atoms with E-state index < -0.39 is 0 Å². The van der Waals surface area contributed by atoms with Crippen LogP contribution in [0.15, 0.2) is 48.5 Å². The zero-order valence-electron chi connectivity index (χ0n) is 18.3. The summed E-state index contributed by atoms with van der Waals surface area (Å²) in [6.07, 6.45) is 0. The standard InChI is InChI=1S/C24H34N2O4/c1-27-23-7-3-21(4-8-23)19-25-11-15-29-17-13-26(14-18-30-16-12-25)20-22-5-9-24(28-2)10-6-22/h3-10H,11-20H2,1-2H3/p+2. The number of nitrogens with one attached hydrogen (secondary N) is 2. The van der Waals surface area contributed by atoms with E-state index in [1.165, 1.54) is 20.9 Å². The predicted octanol–water partition coefficient (Wildman–Crippen LogP) is 0.221. The number of hydrogen-bond acceptors (Lipinski definition) is 4. The zero-order chi connectivity index (χ0) is 21.0. The lowest BCUT2D eigenvalue weighted by atomic mass is 10.2. The van der Waals surface area contributed by atoms with Gasteiger partial charge in [-0.3, -0.25) is 0 Å². The van der Waals surface area contributed by atoms with E-state index in [1.54, 1.807) is 14.2 Å². The molecule has 0 amide bonds. The Balaban J connectivity index is 1.46. The summed E-state index contributed by atoms with van der Waals surface area (Å²) in [5.41, 5.74) is 2.63. The second-order valence-electron chi connectivity index (χ2n) is 7.77. The Bertz CT molecular complexity index is 645. The van der Waals surface area contributed by atoms with Crippen LogP contribution in [0.3, 0.4) is 0 Å². The fraction of sp³-hybridized carbons (Fsp3) is 0.500. The molecule has 6 nitrogen and oxygen atoms in total. The minimum atomic E-state index is 0.779. The second kappa shape index (κ2) is 12.5. The van der Waals surface area contributed by atoms with Crippen molar-refractivity contribution in [1.29, 1.82) is 0 Å². The van der Waals surface area contributed by atoms with Crippen LogP contribution < -0.4 is 19.3 Å². The minimum absolute atomic E-state index is 0.779. The molecule has 0 saturated carbocycles. The SMILES string of the molecule is COc1ccc(C[NH+]2CCOCC[NH+](Cc3ccc(OC)cc3)CCOCC2)cc1. The molecule has 0 bridgehead atoms. The Hall–Kier alpha value is -2.12. The highest BCUT2D eigenvalue weighted by molar-refractivity contribution is 5.27. The van der Waals surface area contributed by atoms with Gasteiger partial charge in [0.25, 0.3) is 0 Å². The van der Waals surface area contributed by atoms with Gasteiger partial charge >= 0.3 is 0 Å². The molecular weight excluding hydrogens is 380 g/mol. The van der Waals surface area contributed by atoms with Gasteiger partial charge in [0.2, 0.25) is 0 Å². The molecule has 0 spiro atoms. The molecule has 0 atom stereocenters. The van der Waals surface area contributed by atoms with Crippen molar-refractivity contribution in [2.24, 2.45) is 0 Å². The van der Waals surface area contributed by atoms with Gasteiger partial charge in [-0.2, -0.15) is 0 Å². The first kappa shape index (κ1) is 22.6. The average molecular weight is 417 g/mol. The van der Waals surface area contributed by atoms with Gasteiger partial charge in [0.05, 0.1) is 40.6 Å². The van der Waals surface area contributed by atoms with Crippen molar-refractivity contribution >= 4 is 0 Å². The largest absolute Gasteiger partial charge is 0.497 e. The molecule has 1 aliphatic rings. The van der Waals surface area contributed by atoms with E-state index >= 15 is 0 Å². The molecule has 1 aliphatic heterocycles. The summed E-state index contributed by atoms with van der Waals surface area (Å²) in [6, 6.07) is 16.7. The van der Waals surface area contributed by atoms with Crippen LogP contribution in [0.25, 0.3) is 0 Å². The summed E-state index contributed by atoms with van der Waals surface area (Å²) >= 11 is 0. The highest BCUT2D eigenvalue weighted by atomic mass is 16.5. The quantitative estimate of drug-likeness (QED) is 0.707. The fourth-order valence-electron chi connectivity index (χ4n) is 3.74. The van der Waals surface area contributed by atoms with Crippen molar-refractivity contribution in [2.75, 3.05) is 66.8 Å². The third kappa shape index (κ3) is 7.61. The summed E-state index contributed by atoms with van der Waals surface area (Å²) in [5, 5.41) is 0. The van der Waals surface area contributed by atoms with Gasteiger partial charge in [-0.25, -0.2) is 0 Å². The van der Waals surface area contributed by atoms with E-state index in [1.807, 2.05) is 24.3 Å². The number of benzene rings is 2. The van der Waals surface area contributed by atoms with E-state index in [2.05, 4.69) is 24.3 Å². The lowest BCUT2D eigenvalue weighted by Crippen LogP contribution is -3.12. The van der Waals surface area contributed by atoms with Crippen LogP contribution in [-0.2, 0) is 22.6 Å². The van der Waals surface area contributed by atoms with E-state index in [4.69, 9.17) is 18.9 Å². The van der Waals surface area contributed by atoms with Crippen LogP contribution in [0.5, 0.6) is 11.5 Å². The Morgan fingerprint density at radius 1 is 0.600 bits per heavy atom. The number of methoxy groups -OCH3 is 2. The lowest BCUT2D eigenvalue weighted by Gasteiger charge is -2.23. The highest BCUT2D eigenvalue weighted by Crippen LogP contribution is 2.11. The molecule has 0 radical (unpaired) electrons. The van der Waals surface area contributed by atoms with Gasteiger partial charge in [0.15, 0.2) is 0 Å². The molecule has 6 heteroatoms. The van der Waals surface area contributed by atoms with Crippen molar-refractivity contribution < 1.29 is 28.7 Å². The maximum atomic E-state index is 5.99. The zero-order valence-corrected chi connectivity index (χ0v) is 18.3. The summed E-state index contributed by atoms with van der Waals surface area (Å²) in [7, 11) is 3.40. The van der Waals surface area contributed by atoms with Crippen molar-refractivity contribution in [3.8, 4) is 11.5 Å². The molecule has 1 fully saturated rings. The smallest absolute Gasteiger partial charge is 0.118 e. The maximum Gasteiger partial charge on any atom is 0.118 e. The fourth-order valence-corrected chi connectivity index (χ4v) is 3.74. The molecule has 0 aliphatic carbocycles. The summed E-state index contributed by atoms with van der Waals surface area (Å²) in [6.45, 7) is 9.03. The third-order valence-electron chi connectivity index (χ3n) is 5.63. The minimum Gasteiger partial charge on any atom is -0.497 e. The molecule has 2 aromatic carbocycles. The van der Waals surface area contributed by atoms with Crippen molar-refractivity contribution in [2.45, 2.75) is 13.1 Å². The third-order valence-corrected chi connectivity index (χ3v) is 5.63. The van der Waals surface area contributed by atoms with Gasteiger partial charge in [0.1, 0.15) is 50.8 Å². The lowest BCUT2D eigenvalue weighted by molar-refractivity contribution is -0.921. The van der Waals surface area contributed by atoms with Crippen LogP contribution in [0, 0.1) is 0 Å². The van der Waals surface area contributed by atoms with Crippen LogP contribution in [0.4, 0.5) is 0 Å². The Kier molecular flexibility index (Phi) is 9.44. The summed E-state index contributed by atoms with van der Waals surface area (Å²) in [5.74, 6) is 1.80. The number of hydrogen-bond donors (Lipinski definition) is 2. The van der Waals surface area contributed by atoms with E-state index in [9.17, 15) is 0 Å². The molecule has 3 rings (SSSR count). The second-order valence-corrected chi connectivity index (χ2v) is 7.77. The first-order chi connectivity index (χ1) is 14.8. The first-order valence-electron chi connectivity index (χ1n) is 10.9. The Morgan fingerprint density at radius 3 is 1.23 bits per heavy atom. The number of rotatable bonds is 6. The molecule has 2 N–H and O–H groups in total. The Labute approximate surface area is 180 Å². The molecular formula is C24H36N2O4+2. The predicted molar refractivity (Wildman–Crippen MR) is 116 cm³/mol. The van der Waals surface area contributed by atoms with E-state index in [0.717, 1.165) is 77.2 Å². The Morgan fingerprint density at radius 2 is 0.933 bits per heavy atom. The topological polar surface area (TPSA) is 45.8 Å². The van der Waals surface area contributed by atoms with Crippen LogP contribution in [0.2, 0.25) is 0 Å². The monoisotopic (exact) mass is 416 g/mol. The van der Waals surface area contributed by atoms with Gasteiger partial charge in [0, 0.05) is 11.1 Å². The van der Waals surface area contributed by atoms with Crippen LogP contribution in [0.1, 0.15) is 11.1 Å². The molecule has 1 heterocycles. The summed E-state index contributed by atoms with van der Waals surface area (Å²) in [4.78, 5) is 2.98.